The first-order valence-corrected chi connectivity index (χ1v) is 7.72. The molecular formula is C18H10F2N4O3. The van der Waals surface area contributed by atoms with E-state index >= 15 is 0 Å². The summed E-state index contributed by atoms with van der Waals surface area (Å²) in [6.45, 7) is 0. The largest absolute Gasteiger partial charge is 0.446 e. The van der Waals surface area contributed by atoms with Crippen molar-refractivity contribution in [2.24, 2.45) is 0 Å². The molecule has 0 fully saturated rings. The Hall–Kier alpha value is -3.88. The van der Waals surface area contributed by atoms with Crippen LogP contribution >= 0.6 is 0 Å². The van der Waals surface area contributed by atoms with E-state index < -0.39 is 11.6 Å². The van der Waals surface area contributed by atoms with Crippen LogP contribution in [0.2, 0.25) is 0 Å². The molecule has 0 aliphatic carbocycles. The second-order valence-corrected chi connectivity index (χ2v) is 5.43. The Balaban J connectivity index is 1.62. The standard InChI is InChI=1S/C18H10F2N4O3/c19-13-5-1-11(2-6-13)16-21-15(26-22-16)9-10-24-17(23-27-18(24)25)12-3-7-14(20)8-4-12/h1-10H/b10-9-. The number of hydrogen-bond donors (Lipinski definition) is 0. The molecule has 4 rings (SSSR count). The van der Waals surface area contributed by atoms with Gasteiger partial charge >= 0.3 is 5.76 Å². The Morgan fingerprint density at radius 3 is 2.15 bits per heavy atom. The summed E-state index contributed by atoms with van der Waals surface area (Å²) < 4.78 is 36.9. The highest BCUT2D eigenvalue weighted by atomic mass is 19.1. The molecule has 7 nitrogen and oxygen atoms in total. The van der Waals surface area contributed by atoms with Gasteiger partial charge in [0.15, 0.2) is 5.82 Å². The van der Waals surface area contributed by atoms with Crippen LogP contribution in [0.25, 0.3) is 35.1 Å². The van der Waals surface area contributed by atoms with Gasteiger partial charge in [-0.25, -0.2) is 18.1 Å². The third-order valence-electron chi connectivity index (χ3n) is 3.65. The summed E-state index contributed by atoms with van der Waals surface area (Å²) in [7, 11) is 0. The number of aromatic nitrogens is 4. The maximum Gasteiger partial charge on any atom is 0.446 e. The number of hydrogen-bond acceptors (Lipinski definition) is 6. The lowest BCUT2D eigenvalue weighted by Crippen LogP contribution is -2.09. The van der Waals surface area contributed by atoms with Crippen molar-refractivity contribution in [1.82, 2.24) is 19.9 Å². The lowest BCUT2D eigenvalue weighted by Gasteiger charge is -1.98. The molecule has 9 heteroatoms. The van der Waals surface area contributed by atoms with Crippen LogP contribution < -0.4 is 5.76 Å². The van der Waals surface area contributed by atoms with E-state index in [-0.39, 0.29) is 23.4 Å². The van der Waals surface area contributed by atoms with E-state index in [1.807, 2.05) is 0 Å². The quantitative estimate of drug-likeness (QED) is 0.548. The molecule has 2 heterocycles. The van der Waals surface area contributed by atoms with Gasteiger partial charge in [0.05, 0.1) is 0 Å². The lowest BCUT2D eigenvalue weighted by atomic mass is 10.2. The van der Waals surface area contributed by atoms with Crippen molar-refractivity contribution in [3.63, 3.8) is 0 Å². The summed E-state index contributed by atoms with van der Waals surface area (Å²) in [5, 5.41) is 7.49. The van der Waals surface area contributed by atoms with Gasteiger partial charge in [0.25, 0.3) is 5.89 Å². The van der Waals surface area contributed by atoms with E-state index in [0.29, 0.717) is 11.1 Å². The van der Waals surface area contributed by atoms with Crippen LogP contribution in [0, 0.1) is 11.6 Å². The number of benzene rings is 2. The third kappa shape index (κ3) is 3.43. The first kappa shape index (κ1) is 16.6. The van der Waals surface area contributed by atoms with Gasteiger partial charge in [0.2, 0.25) is 5.82 Å². The van der Waals surface area contributed by atoms with Crippen LogP contribution in [0.3, 0.4) is 0 Å². The number of nitrogens with zero attached hydrogens (tertiary/aromatic N) is 4. The highest BCUT2D eigenvalue weighted by molar-refractivity contribution is 5.63. The minimum Gasteiger partial charge on any atom is -0.334 e. The molecule has 0 N–H and O–H groups in total. The molecule has 0 amide bonds. The normalized spacial score (nSPS) is 11.3. The Labute approximate surface area is 150 Å². The van der Waals surface area contributed by atoms with Crippen molar-refractivity contribution in [3.8, 4) is 22.8 Å². The Morgan fingerprint density at radius 2 is 1.48 bits per heavy atom. The fraction of sp³-hybridized carbons (Fsp3) is 0. The Bertz CT molecular complexity index is 1160. The molecule has 134 valence electrons. The minimum atomic E-state index is -0.733. The SMILES string of the molecule is O=c1onc(-c2ccc(F)cc2)n1/C=C\c1nc(-c2ccc(F)cc2)no1. The average Bonchev–Trinajstić information content (AvgIpc) is 3.28. The van der Waals surface area contributed by atoms with Gasteiger partial charge in [-0.05, 0) is 48.5 Å². The Morgan fingerprint density at radius 1 is 0.852 bits per heavy atom. The van der Waals surface area contributed by atoms with Crippen LogP contribution in [0.5, 0.6) is 0 Å². The molecule has 0 unspecified atom stereocenters. The van der Waals surface area contributed by atoms with Crippen molar-refractivity contribution in [3.05, 3.63) is 76.6 Å². The van der Waals surface area contributed by atoms with Crippen molar-refractivity contribution in [1.29, 1.82) is 0 Å². The summed E-state index contributed by atoms with van der Waals surface area (Å²) in [4.78, 5) is 16.0. The molecule has 0 spiro atoms. The highest BCUT2D eigenvalue weighted by Crippen LogP contribution is 2.18. The van der Waals surface area contributed by atoms with Gasteiger partial charge in [-0.1, -0.05) is 10.3 Å². The van der Waals surface area contributed by atoms with Crippen LogP contribution in [-0.2, 0) is 0 Å². The van der Waals surface area contributed by atoms with Crippen molar-refractivity contribution < 1.29 is 17.8 Å². The van der Waals surface area contributed by atoms with Crippen LogP contribution in [0.4, 0.5) is 8.78 Å². The van der Waals surface area contributed by atoms with Gasteiger partial charge in [-0.2, -0.15) is 4.98 Å². The van der Waals surface area contributed by atoms with Crippen molar-refractivity contribution >= 4 is 12.3 Å². The Kier molecular flexibility index (Phi) is 4.17. The van der Waals surface area contributed by atoms with E-state index in [1.54, 1.807) is 0 Å². The summed E-state index contributed by atoms with van der Waals surface area (Å²) >= 11 is 0. The lowest BCUT2D eigenvalue weighted by molar-refractivity contribution is 0.384. The third-order valence-corrected chi connectivity index (χ3v) is 3.65. The zero-order valence-electron chi connectivity index (χ0n) is 13.5. The summed E-state index contributed by atoms with van der Waals surface area (Å²) in [5.41, 5.74) is 1.07. The minimum absolute atomic E-state index is 0.118. The number of rotatable bonds is 4. The molecule has 0 radical (unpaired) electrons. The van der Waals surface area contributed by atoms with Crippen molar-refractivity contribution in [2.75, 3.05) is 0 Å². The molecule has 0 bridgehead atoms. The summed E-state index contributed by atoms with van der Waals surface area (Å²) in [6, 6.07) is 11.0. The van der Waals surface area contributed by atoms with Crippen LogP contribution in [-0.4, -0.2) is 19.9 Å². The zero-order valence-corrected chi connectivity index (χ0v) is 13.5. The van der Waals surface area contributed by atoms with Crippen LogP contribution in [0.15, 0.2) is 62.4 Å². The smallest absolute Gasteiger partial charge is 0.334 e. The summed E-state index contributed by atoms with van der Waals surface area (Å²) in [5.74, 6) is -0.940. The maximum absolute atomic E-state index is 13.1. The topological polar surface area (TPSA) is 87.0 Å². The van der Waals surface area contributed by atoms with E-state index in [0.717, 1.165) is 4.57 Å². The second kappa shape index (κ2) is 6.79. The fourth-order valence-electron chi connectivity index (χ4n) is 2.34. The van der Waals surface area contributed by atoms with Gasteiger partial charge < -0.3 is 4.52 Å². The molecule has 2 aromatic heterocycles. The predicted molar refractivity (Wildman–Crippen MR) is 91.1 cm³/mol. The zero-order chi connectivity index (χ0) is 18.8. The molecule has 0 atom stereocenters. The first-order chi connectivity index (χ1) is 13.1. The molecule has 0 aliphatic heterocycles. The average molecular weight is 368 g/mol. The fourth-order valence-corrected chi connectivity index (χ4v) is 2.34. The molecule has 0 aliphatic rings. The van der Waals surface area contributed by atoms with Crippen LogP contribution in [0.1, 0.15) is 5.89 Å². The molecular weight excluding hydrogens is 358 g/mol. The molecule has 2 aromatic carbocycles. The second-order valence-electron chi connectivity index (χ2n) is 5.43. The van der Waals surface area contributed by atoms with Crippen molar-refractivity contribution in [2.45, 2.75) is 0 Å². The van der Waals surface area contributed by atoms with Gasteiger partial charge in [0, 0.05) is 23.4 Å². The van der Waals surface area contributed by atoms with E-state index in [4.69, 9.17) is 4.52 Å². The van der Waals surface area contributed by atoms with Gasteiger partial charge in [0.1, 0.15) is 11.6 Å². The number of halogens is 2. The molecule has 0 saturated carbocycles. The monoisotopic (exact) mass is 368 g/mol. The van der Waals surface area contributed by atoms with Gasteiger partial charge in [-0.15, -0.1) is 0 Å². The molecule has 4 aromatic rings. The maximum atomic E-state index is 13.1. The van der Waals surface area contributed by atoms with Gasteiger partial charge in [-0.3, -0.25) is 4.52 Å². The van der Waals surface area contributed by atoms with E-state index in [2.05, 4.69) is 19.8 Å². The molecule has 27 heavy (non-hydrogen) atoms. The van der Waals surface area contributed by atoms with E-state index in [9.17, 15) is 13.6 Å². The first-order valence-electron chi connectivity index (χ1n) is 7.72. The summed E-state index contributed by atoms with van der Waals surface area (Å²) in [6.07, 6.45) is 2.74. The predicted octanol–water partition coefficient (Wildman–Crippen LogP) is 3.46. The van der Waals surface area contributed by atoms with E-state index in [1.165, 1.54) is 60.8 Å². The highest BCUT2D eigenvalue weighted by Gasteiger charge is 2.12. The molecule has 0 saturated heterocycles.